The molecule has 6 nitrogen and oxygen atoms in total. The van der Waals surface area contributed by atoms with Gasteiger partial charge in [0.25, 0.3) is 0 Å². The molecule has 130 valence electrons. The summed E-state index contributed by atoms with van der Waals surface area (Å²) in [7, 11) is 1.63. The lowest BCUT2D eigenvalue weighted by atomic mass is 10.1. The maximum absolute atomic E-state index is 5.88. The Bertz CT molecular complexity index is 851. The molecule has 0 fully saturated rings. The molecule has 1 heterocycles. The third kappa shape index (κ3) is 4.11. The van der Waals surface area contributed by atoms with Crippen LogP contribution in [0.15, 0.2) is 47.6 Å². The highest BCUT2D eigenvalue weighted by atomic mass is 32.2. The van der Waals surface area contributed by atoms with Crippen molar-refractivity contribution in [1.82, 2.24) is 20.2 Å². The van der Waals surface area contributed by atoms with Crippen molar-refractivity contribution in [3.05, 3.63) is 53.6 Å². The standard InChI is InChI=1S/C18H20N4O2S/c1-13-8-9-14(2)17(12-13)24-10-11-25-18-19-20-21-22(18)15-6-4-5-7-16(15)23-3/h4-9,12H,10-11H2,1-3H3. The fourth-order valence-electron chi connectivity index (χ4n) is 2.37. The third-order valence-electron chi connectivity index (χ3n) is 3.67. The summed E-state index contributed by atoms with van der Waals surface area (Å²) < 4.78 is 12.9. The molecular weight excluding hydrogens is 336 g/mol. The largest absolute Gasteiger partial charge is 0.494 e. The third-order valence-corrected chi connectivity index (χ3v) is 4.55. The summed E-state index contributed by atoms with van der Waals surface area (Å²) >= 11 is 1.54. The molecule has 0 saturated heterocycles. The van der Waals surface area contributed by atoms with E-state index < -0.39 is 0 Å². The normalized spacial score (nSPS) is 10.7. The van der Waals surface area contributed by atoms with E-state index in [0.717, 1.165) is 28.5 Å². The maximum atomic E-state index is 5.88. The van der Waals surface area contributed by atoms with Gasteiger partial charge in [-0.25, -0.2) is 0 Å². The second-order valence-corrected chi connectivity index (χ2v) is 6.57. The van der Waals surface area contributed by atoms with Crippen LogP contribution in [0.25, 0.3) is 5.69 Å². The van der Waals surface area contributed by atoms with Crippen molar-refractivity contribution >= 4 is 11.8 Å². The van der Waals surface area contributed by atoms with Crippen LogP contribution in [0.1, 0.15) is 11.1 Å². The molecule has 25 heavy (non-hydrogen) atoms. The van der Waals surface area contributed by atoms with Gasteiger partial charge in [-0.3, -0.25) is 0 Å². The number of aromatic nitrogens is 4. The number of nitrogens with zero attached hydrogens (tertiary/aromatic N) is 4. The van der Waals surface area contributed by atoms with Crippen molar-refractivity contribution in [1.29, 1.82) is 0 Å². The van der Waals surface area contributed by atoms with Gasteiger partial charge >= 0.3 is 0 Å². The van der Waals surface area contributed by atoms with Crippen LogP contribution in [-0.4, -0.2) is 39.7 Å². The van der Waals surface area contributed by atoms with Gasteiger partial charge in [-0.1, -0.05) is 36.0 Å². The van der Waals surface area contributed by atoms with Gasteiger partial charge in [0.05, 0.1) is 13.7 Å². The minimum absolute atomic E-state index is 0.577. The molecule has 0 atom stereocenters. The van der Waals surface area contributed by atoms with Crippen molar-refractivity contribution in [3.8, 4) is 17.2 Å². The molecule has 3 rings (SSSR count). The van der Waals surface area contributed by atoms with Crippen molar-refractivity contribution in [2.75, 3.05) is 19.5 Å². The van der Waals surface area contributed by atoms with Gasteiger partial charge in [0.15, 0.2) is 0 Å². The van der Waals surface area contributed by atoms with Gasteiger partial charge in [-0.15, -0.1) is 5.10 Å². The Kier molecular flexibility index (Phi) is 5.55. The number of methoxy groups -OCH3 is 1. The molecule has 0 spiro atoms. The van der Waals surface area contributed by atoms with E-state index in [0.29, 0.717) is 11.8 Å². The minimum Gasteiger partial charge on any atom is -0.494 e. The van der Waals surface area contributed by atoms with E-state index in [2.05, 4.69) is 40.6 Å². The summed E-state index contributed by atoms with van der Waals surface area (Å²) in [5, 5.41) is 12.7. The lowest BCUT2D eigenvalue weighted by molar-refractivity contribution is 0.341. The van der Waals surface area contributed by atoms with Crippen molar-refractivity contribution in [2.45, 2.75) is 19.0 Å². The zero-order chi connectivity index (χ0) is 17.6. The zero-order valence-electron chi connectivity index (χ0n) is 14.5. The summed E-state index contributed by atoms with van der Waals surface area (Å²) in [6.07, 6.45) is 0. The first-order valence-electron chi connectivity index (χ1n) is 7.93. The minimum atomic E-state index is 0.577. The molecule has 0 aliphatic rings. The van der Waals surface area contributed by atoms with Gasteiger partial charge in [0.1, 0.15) is 17.2 Å². The first-order valence-corrected chi connectivity index (χ1v) is 8.92. The molecule has 0 unspecified atom stereocenters. The molecule has 3 aromatic rings. The summed E-state index contributed by atoms with van der Waals surface area (Å²) in [5.74, 6) is 2.39. The summed E-state index contributed by atoms with van der Waals surface area (Å²) in [6.45, 7) is 4.68. The van der Waals surface area contributed by atoms with E-state index in [1.807, 2.05) is 31.2 Å². The number of thioether (sulfide) groups is 1. The van der Waals surface area contributed by atoms with Crippen molar-refractivity contribution in [2.24, 2.45) is 0 Å². The highest BCUT2D eigenvalue weighted by Crippen LogP contribution is 2.26. The van der Waals surface area contributed by atoms with Crippen LogP contribution >= 0.6 is 11.8 Å². The lowest BCUT2D eigenvalue weighted by Crippen LogP contribution is -2.05. The van der Waals surface area contributed by atoms with E-state index in [1.165, 1.54) is 5.56 Å². The Hall–Kier alpha value is -2.54. The average molecular weight is 356 g/mol. The fourth-order valence-corrected chi connectivity index (χ4v) is 3.07. The van der Waals surface area contributed by atoms with Gasteiger partial charge in [-0.2, -0.15) is 4.68 Å². The van der Waals surface area contributed by atoms with E-state index in [1.54, 1.807) is 23.6 Å². The summed E-state index contributed by atoms with van der Waals surface area (Å²) in [5.41, 5.74) is 3.13. The Morgan fingerprint density at radius 2 is 1.92 bits per heavy atom. The molecule has 0 aliphatic heterocycles. The Morgan fingerprint density at radius 3 is 2.76 bits per heavy atom. The van der Waals surface area contributed by atoms with Crippen LogP contribution in [0, 0.1) is 13.8 Å². The van der Waals surface area contributed by atoms with Crippen LogP contribution in [-0.2, 0) is 0 Å². The number of ether oxygens (including phenoxy) is 2. The first kappa shape index (κ1) is 17.3. The van der Waals surface area contributed by atoms with E-state index >= 15 is 0 Å². The van der Waals surface area contributed by atoms with Crippen LogP contribution in [0.4, 0.5) is 0 Å². The fraction of sp³-hybridized carbons (Fsp3) is 0.278. The molecule has 0 bridgehead atoms. The molecule has 0 N–H and O–H groups in total. The monoisotopic (exact) mass is 356 g/mol. The van der Waals surface area contributed by atoms with E-state index in [9.17, 15) is 0 Å². The maximum Gasteiger partial charge on any atom is 0.214 e. The quantitative estimate of drug-likeness (QED) is 0.477. The molecule has 1 aromatic heterocycles. The molecule has 0 saturated carbocycles. The first-order chi connectivity index (χ1) is 12.2. The molecule has 7 heteroatoms. The topological polar surface area (TPSA) is 62.1 Å². The van der Waals surface area contributed by atoms with Gasteiger partial charge < -0.3 is 9.47 Å². The average Bonchev–Trinajstić information content (AvgIpc) is 3.09. The number of para-hydroxylation sites is 2. The molecule has 0 amide bonds. The predicted octanol–water partition coefficient (Wildman–Crippen LogP) is 3.46. The van der Waals surface area contributed by atoms with Gasteiger partial charge in [-0.05, 0) is 53.6 Å². The number of rotatable bonds is 7. The number of tetrazole rings is 1. The van der Waals surface area contributed by atoms with Crippen molar-refractivity contribution < 1.29 is 9.47 Å². The van der Waals surface area contributed by atoms with Crippen LogP contribution < -0.4 is 9.47 Å². The number of aryl methyl sites for hydroxylation is 2. The van der Waals surface area contributed by atoms with Gasteiger partial charge in [0, 0.05) is 5.75 Å². The summed E-state index contributed by atoms with van der Waals surface area (Å²) in [4.78, 5) is 0. The Balaban J connectivity index is 1.63. The molecule has 0 radical (unpaired) electrons. The van der Waals surface area contributed by atoms with E-state index in [4.69, 9.17) is 9.47 Å². The number of hydrogen-bond donors (Lipinski definition) is 0. The van der Waals surface area contributed by atoms with E-state index in [-0.39, 0.29) is 0 Å². The number of hydrogen-bond acceptors (Lipinski definition) is 6. The zero-order valence-corrected chi connectivity index (χ0v) is 15.3. The SMILES string of the molecule is COc1ccccc1-n1nnnc1SCCOc1cc(C)ccc1C. The highest BCUT2D eigenvalue weighted by molar-refractivity contribution is 7.99. The Morgan fingerprint density at radius 1 is 1.08 bits per heavy atom. The van der Waals surface area contributed by atoms with Crippen molar-refractivity contribution in [3.63, 3.8) is 0 Å². The highest BCUT2D eigenvalue weighted by Gasteiger charge is 2.12. The van der Waals surface area contributed by atoms with Crippen LogP contribution in [0.2, 0.25) is 0 Å². The smallest absolute Gasteiger partial charge is 0.214 e. The number of benzene rings is 2. The Labute approximate surface area is 151 Å². The van der Waals surface area contributed by atoms with Gasteiger partial charge in [0.2, 0.25) is 5.16 Å². The molecule has 2 aromatic carbocycles. The van der Waals surface area contributed by atoms with Crippen LogP contribution in [0.3, 0.4) is 0 Å². The predicted molar refractivity (Wildman–Crippen MR) is 97.8 cm³/mol. The molecular formula is C18H20N4O2S. The second kappa shape index (κ2) is 8.02. The second-order valence-electron chi connectivity index (χ2n) is 5.51. The molecule has 0 aliphatic carbocycles. The summed E-state index contributed by atoms with van der Waals surface area (Å²) in [6, 6.07) is 13.9. The lowest BCUT2D eigenvalue weighted by Gasteiger charge is -2.10. The van der Waals surface area contributed by atoms with Crippen LogP contribution in [0.5, 0.6) is 11.5 Å².